The number of nitrogens with zero attached hydrogens (tertiary/aromatic N) is 3. The molecule has 1 fully saturated rings. The predicted molar refractivity (Wildman–Crippen MR) is 92.7 cm³/mol. The third-order valence-corrected chi connectivity index (χ3v) is 5.28. The highest BCUT2D eigenvalue weighted by Crippen LogP contribution is 2.24. The molecule has 3 rings (SSSR count). The molecule has 0 aliphatic carbocycles. The monoisotopic (exact) mass is 331 g/mol. The fourth-order valence-electron chi connectivity index (χ4n) is 2.93. The molecule has 1 aromatic heterocycles. The summed E-state index contributed by atoms with van der Waals surface area (Å²) >= 11 is 1.21. The van der Waals surface area contributed by atoms with Gasteiger partial charge in [0, 0.05) is 50.7 Å². The van der Waals surface area contributed by atoms with E-state index >= 15 is 0 Å². The Morgan fingerprint density at radius 1 is 1.13 bits per heavy atom. The van der Waals surface area contributed by atoms with Crippen LogP contribution in [0.2, 0.25) is 0 Å². The number of nitro groups is 1. The molecular formula is C17H21N3O2S. The summed E-state index contributed by atoms with van der Waals surface area (Å²) in [6.07, 6.45) is 0. The maximum atomic E-state index is 10.7. The van der Waals surface area contributed by atoms with Crippen LogP contribution in [0.3, 0.4) is 0 Å². The Morgan fingerprint density at radius 3 is 2.39 bits per heavy atom. The third-order valence-electron chi connectivity index (χ3n) is 4.35. The normalized spacial score (nSPS) is 16.6. The molecule has 0 radical (unpaired) electrons. The van der Waals surface area contributed by atoms with Crippen LogP contribution in [0.1, 0.15) is 16.7 Å². The molecule has 0 saturated carbocycles. The smallest absolute Gasteiger partial charge is 0.297 e. The Morgan fingerprint density at radius 2 is 1.78 bits per heavy atom. The van der Waals surface area contributed by atoms with Gasteiger partial charge >= 0.3 is 5.00 Å². The summed E-state index contributed by atoms with van der Waals surface area (Å²) in [6, 6.07) is 10.2. The van der Waals surface area contributed by atoms with Gasteiger partial charge in [-0.2, -0.15) is 0 Å². The number of aryl methyl sites for hydroxylation is 1. The highest BCUT2D eigenvalue weighted by Gasteiger charge is 2.19. The first-order valence-electron chi connectivity index (χ1n) is 7.83. The summed E-state index contributed by atoms with van der Waals surface area (Å²) in [4.78, 5) is 15.3. The van der Waals surface area contributed by atoms with Crippen molar-refractivity contribution >= 4 is 16.3 Å². The summed E-state index contributed by atoms with van der Waals surface area (Å²) in [7, 11) is 0. The third kappa shape index (κ3) is 4.16. The van der Waals surface area contributed by atoms with E-state index in [4.69, 9.17) is 0 Å². The molecule has 0 amide bonds. The highest BCUT2D eigenvalue weighted by molar-refractivity contribution is 7.13. The predicted octanol–water partition coefficient (Wildman–Crippen LogP) is 3.28. The first kappa shape index (κ1) is 16.1. The van der Waals surface area contributed by atoms with E-state index in [1.807, 2.05) is 5.38 Å². The van der Waals surface area contributed by atoms with Gasteiger partial charge in [-0.1, -0.05) is 35.6 Å². The van der Waals surface area contributed by atoms with E-state index in [1.54, 1.807) is 6.07 Å². The fraction of sp³-hybridized carbons (Fsp3) is 0.412. The van der Waals surface area contributed by atoms with Crippen molar-refractivity contribution in [3.8, 4) is 0 Å². The number of thiophene rings is 1. The Bertz CT molecular complexity index is 678. The molecule has 122 valence electrons. The molecule has 0 spiro atoms. The summed E-state index contributed by atoms with van der Waals surface area (Å²) in [5, 5.41) is 12.9. The molecule has 0 atom stereocenters. The minimum Gasteiger partial charge on any atom is -0.297 e. The second kappa shape index (κ2) is 7.21. The maximum absolute atomic E-state index is 10.7. The lowest BCUT2D eigenvalue weighted by Crippen LogP contribution is -2.45. The molecule has 23 heavy (non-hydrogen) atoms. The van der Waals surface area contributed by atoms with Crippen LogP contribution in [0.25, 0.3) is 0 Å². The van der Waals surface area contributed by atoms with Crippen LogP contribution in [-0.2, 0) is 13.1 Å². The molecular weight excluding hydrogens is 310 g/mol. The van der Waals surface area contributed by atoms with Gasteiger partial charge in [-0.3, -0.25) is 19.9 Å². The molecule has 1 saturated heterocycles. The van der Waals surface area contributed by atoms with Crippen LogP contribution < -0.4 is 0 Å². The molecule has 6 heteroatoms. The number of hydrogen-bond acceptors (Lipinski definition) is 5. The van der Waals surface area contributed by atoms with Gasteiger partial charge in [-0.25, -0.2) is 0 Å². The lowest BCUT2D eigenvalue weighted by atomic mass is 10.1. The highest BCUT2D eigenvalue weighted by atomic mass is 32.1. The lowest BCUT2D eigenvalue weighted by Gasteiger charge is -2.34. The number of piperazine rings is 1. The van der Waals surface area contributed by atoms with Crippen LogP contribution in [0.15, 0.2) is 35.7 Å². The van der Waals surface area contributed by atoms with E-state index < -0.39 is 0 Å². The van der Waals surface area contributed by atoms with Crippen molar-refractivity contribution in [3.63, 3.8) is 0 Å². The van der Waals surface area contributed by atoms with E-state index in [-0.39, 0.29) is 9.92 Å². The maximum Gasteiger partial charge on any atom is 0.324 e. The van der Waals surface area contributed by atoms with Gasteiger partial charge in [0.15, 0.2) is 0 Å². The number of rotatable bonds is 5. The first-order chi connectivity index (χ1) is 11.1. The van der Waals surface area contributed by atoms with Crippen LogP contribution in [0.5, 0.6) is 0 Å². The minimum atomic E-state index is -0.311. The van der Waals surface area contributed by atoms with E-state index in [0.29, 0.717) is 0 Å². The zero-order chi connectivity index (χ0) is 16.2. The number of benzene rings is 1. The van der Waals surface area contributed by atoms with Crippen molar-refractivity contribution in [3.05, 3.63) is 62.5 Å². The zero-order valence-corrected chi connectivity index (χ0v) is 14.1. The van der Waals surface area contributed by atoms with Crippen molar-refractivity contribution < 1.29 is 4.92 Å². The summed E-state index contributed by atoms with van der Waals surface area (Å²) in [5.41, 5.74) is 3.80. The first-order valence-corrected chi connectivity index (χ1v) is 8.71. The second-order valence-corrected chi connectivity index (χ2v) is 6.92. The molecule has 2 aromatic rings. The quantitative estimate of drug-likeness (QED) is 0.623. The van der Waals surface area contributed by atoms with E-state index in [9.17, 15) is 10.1 Å². The molecule has 0 N–H and O–H groups in total. The van der Waals surface area contributed by atoms with Crippen LogP contribution >= 0.6 is 11.3 Å². The molecule has 1 aromatic carbocycles. The number of hydrogen-bond donors (Lipinski definition) is 0. The molecule has 2 heterocycles. The summed E-state index contributed by atoms with van der Waals surface area (Å²) in [5.74, 6) is 0. The van der Waals surface area contributed by atoms with Crippen molar-refractivity contribution in [2.45, 2.75) is 20.0 Å². The van der Waals surface area contributed by atoms with Gasteiger partial charge < -0.3 is 0 Å². The van der Waals surface area contributed by atoms with Gasteiger partial charge in [0.05, 0.1) is 4.92 Å². The van der Waals surface area contributed by atoms with Gasteiger partial charge in [0.1, 0.15) is 0 Å². The molecule has 5 nitrogen and oxygen atoms in total. The van der Waals surface area contributed by atoms with Gasteiger partial charge in [0.25, 0.3) is 0 Å². The average Bonchev–Trinajstić information content (AvgIpc) is 3.00. The van der Waals surface area contributed by atoms with Crippen LogP contribution in [0.4, 0.5) is 5.00 Å². The van der Waals surface area contributed by atoms with Crippen LogP contribution in [0, 0.1) is 17.0 Å². The molecule has 1 aliphatic rings. The molecule has 1 aliphatic heterocycles. The van der Waals surface area contributed by atoms with Gasteiger partial charge in [-0.05, 0) is 23.6 Å². The summed E-state index contributed by atoms with van der Waals surface area (Å²) < 4.78 is 0. The van der Waals surface area contributed by atoms with E-state index in [1.165, 1.54) is 22.5 Å². The lowest BCUT2D eigenvalue weighted by molar-refractivity contribution is -0.380. The largest absolute Gasteiger partial charge is 0.324 e. The Hall–Kier alpha value is -1.76. The van der Waals surface area contributed by atoms with E-state index in [2.05, 4.69) is 41.0 Å². The minimum absolute atomic E-state index is 0.234. The van der Waals surface area contributed by atoms with Crippen molar-refractivity contribution in [1.82, 2.24) is 9.80 Å². The topological polar surface area (TPSA) is 49.6 Å². The fourth-order valence-corrected chi connectivity index (χ4v) is 3.65. The standard InChI is InChI=1S/C17H21N3O2S/c1-14-4-2-3-5-16(14)12-19-8-6-18(7-9-19)11-15-10-17(20(21)22)23-13-15/h2-5,10,13H,6-9,11-12H2,1H3. The zero-order valence-electron chi connectivity index (χ0n) is 13.3. The van der Waals surface area contributed by atoms with Gasteiger partial charge in [-0.15, -0.1) is 0 Å². The summed E-state index contributed by atoms with van der Waals surface area (Å²) in [6.45, 7) is 8.08. The van der Waals surface area contributed by atoms with Crippen molar-refractivity contribution in [2.24, 2.45) is 0 Å². The molecule has 0 unspecified atom stereocenters. The Labute approximate surface area is 140 Å². The Balaban J connectivity index is 1.50. The van der Waals surface area contributed by atoms with Crippen molar-refractivity contribution in [1.29, 1.82) is 0 Å². The SMILES string of the molecule is Cc1ccccc1CN1CCN(Cc2csc([N+](=O)[O-])c2)CC1. The van der Waals surface area contributed by atoms with Crippen molar-refractivity contribution in [2.75, 3.05) is 26.2 Å². The van der Waals surface area contributed by atoms with E-state index in [0.717, 1.165) is 44.8 Å². The van der Waals surface area contributed by atoms with Crippen LogP contribution in [-0.4, -0.2) is 40.9 Å². The van der Waals surface area contributed by atoms with Gasteiger partial charge in [0.2, 0.25) is 0 Å². The molecule has 0 bridgehead atoms. The Kier molecular flexibility index (Phi) is 5.05. The second-order valence-electron chi connectivity index (χ2n) is 6.03. The average molecular weight is 331 g/mol.